The summed E-state index contributed by atoms with van der Waals surface area (Å²) in [7, 11) is 0. The van der Waals surface area contributed by atoms with Gasteiger partial charge in [0.25, 0.3) is 0 Å². The fraction of sp³-hybridized carbons (Fsp3) is 0.742. The van der Waals surface area contributed by atoms with Gasteiger partial charge >= 0.3 is 17.9 Å². The van der Waals surface area contributed by atoms with E-state index in [-0.39, 0.29) is 31.1 Å². The van der Waals surface area contributed by atoms with Gasteiger partial charge in [0, 0.05) is 19.3 Å². The van der Waals surface area contributed by atoms with Crippen molar-refractivity contribution in [1.82, 2.24) is 0 Å². The van der Waals surface area contributed by atoms with Crippen LogP contribution in [0.3, 0.4) is 0 Å². The molecule has 414 valence electrons. The monoisotopic (exact) mass is 1000 g/mol. The summed E-state index contributed by atoms with van der Waals surface area (Å²) < 4.78 is 16.9. The zero-order valence-electron chi connectivity index (χ0n) is 47.4. The van der Waals surface area contributed by atoms with Gasteiger partial charge in [0.1, 0.15) is 13.2 Å². The molecule has 0 aliphatic rings. The molecule has 0 saturated heterocycles. The molecular weight excluding hydrogens is 889 g/mol. The lowest BCUT2D eigenvalue weighted by Crippen LogP contribution is -2.30. The maximum Gasteiger partial charge on any atom is 0.306 e. The third-order valence-corrected chi connectivity index (χ3v) is 13.1. The Bertz CT molecular complexity index is 1380. The number of carbonyl (C=O) groups is 3. The Balaban J connectivity index is 4.27. The Morgan fingerprint density at radius 1 is 0.292 bits per heavy atom. The van der Waals surface area contributed by atoms with Gasteiger partial charge in [0.15, 0.2) is 6.10 Å². The van der Waals surface area contributed by atoms with Crippen LogP contribution in [0.15, 0.2) is 85.1 Å². The number of rotatable bonds is 55. The van der Waals surface area contributed by atoms with Gasteiger partial charge in [-0.15, -0.1) is 0 Å². The highest BCUT2D eigenvalue weighted by molar-refractivity contribution is 5.71. The summed E-state index contributed by atoms with van der Waals surface area (Å²) in [5.74, 6) is -0.895. The Labute approximate surface area is 445 Å². The highest BCUT2D eigenvalue weighted by Crippen LogP contribution is 2.15. The van der Waals surface area contributed by atoms with E-state index in [0.717, 1.165) is 109 Å². The molecule has 0 rings (SSSR count). The van der Waals surface area contributed by atoms with Crippen LogP contribution in [0.4, 0.5) is 0 Å². The van der Waals surface area contributed by atoms with E-state index in [4.69, 9.17) is 14.2 Å². The normalized spacial score (nSPS) is 12.7. The van der Waals surface area contributed by atoms with E-state index in [0.29, 0.717) is 19.3 Å². The minimum Gasteiger partial charge on any atom is -0.462 e. The Kier molecular flexibility index (Phi) is 57.3. The van der Waals surface area contributed by atoms with Crippen molar-refractivity contribution in [3.8, 4) is 0 Å². The molecule has 0 spiro atoms. The predicted molar refractivity (Wildman–Crippen MR) is 311 cm³/mol. The van der Waals surface area contributed by atoms with Crippen molar-refractivity contribution in [2.75, 3.05) is 13.2 Å². The average Bonchev–Trinajstić information content (AvgIpc) is 3.38. The predicted octanol–water partition coefficient (Wildman–Crippen LogP) is 20.7. The van der Waals surface area contributed by atoms with Gasteiger partial charge in [0.05, 0.1) is 0 Å². The smallest absolute Gasteiger partial charge is 0.306 e. The maximum atomic E-state index is 12.8. The van der Waals surface area contributed by atoms with Gasteiger partial charge in [-0.2, -0.15) is 0 Å². The van der Waals surface area contributed by atoms with Crippen LogP contribution in [-0.4, -0.2) is 37.2 Å². The summed E-state index contributed by atoms with van der Waals surface area (Å²) in [6.45, 7) is 6.50. The van der Waals surface area contributed by atoms with Gasteiger partial charge in [-0.3, -0.25) is 14.4 Å². The molecule has 0 aromatic heterocycles. The molecule has 0 N–H and O–H groups in total. The first kappa shape index (κ1) is 68.6. The van der Waals surface area contributed by atoms with E-state index in [9.17, 15) is 14.4 Å². The van der Waals surface area contributed by atoms with Crippen molar-refractivity contribution in [2.45, 2.75) is 303 Å². The molecule has 6 nitrogen and oxygen atoms in total. The molecule has 0 aromatic rings. The van der Waals surface area contributed by atoms with E-state index in [1.165, 1.54) is 148 Å². The number of hydrogen-bond donors (Lipinski definition) is 0. The van der Waals surface area contributed by atoms with Crippen molar-refractivity contribution < 1.29 is 28.6 Å². The van der Waals surface area contributed by atoms with Crippen LogP contribution in [0, 0.1) is 0 Å². The first-order chi connectivity index (χ1) is 35.5. The van der Waals surface area contributed by atoms with Crippen LogP contribution in [-0.2, 0) is 28.6 Å². The van der Waals surface area contributed by atoms with Crippen molar-refractivity contribution in [1.29, 1.82) is 0 Å². The molecule has 0 radical (unpaired) electrons. The van der Waals surface area contributed by atoms with Crippen molar-refractivity contribution in [3.63, 3.8) is 0 Å². The lowest BCUT2D eigenvalue weighted by Gasteiger charge is -2.18. The van der Waals surface area contributed by atoms with Crippen molar-refractivity contribution in [2.24, 2.45) is 0 Å². The summed E-state index contributed by atoms with van der Waals surface area (Å²) in [4.78, 5) is 38.2. The molecule has 1 unspecified atom stereocenters. The molecule has 0 aliphatic heterocycles. The fourth-order valence-corrected chi connectivity index (χ4v) is 8.52. The molecule has 0 fully saturated rings. The van der Waals surface area contributed by atoms with E-state index >= 15 is 0 Å². The van der Waals surface area contributed by atoms with Gasteiger partial charge in [-0.05, 0) is 116 Å². The van der Waals surface area contributed by atoms with E-state index in [2.05, 4.69) is 106 Å². The number of allylic oxidation sites excluding steroid dienone is 14. The molecular formula is C66H114O6. The summed E-state index contributed by atoms with van der Waals surface area (Å²) in [5, 5.41) is 0. The first-order valence-corrected chi connectivity index (χ1v) is 30.6. The van der Waals surface area contributed by atoms with Gasteiger partial charge in [-0.25, -0.2) is 0 Å². The highest BCUT2D eigenvalue weighted by Gasteiger charge is 2.19. The molecule has 0 aromatic carbocycles. The maximum absolute atomic E-state index is 12.8. The SMILES string of the molecule is CC/C=C\C/C=C\C/C=C\C/C=C\C/C=C\CCCCCCCCCCCCCC(=O)OCC(COC(=O)CCCCCCC/C=C\CCCCCC)OC(=O)CCCCCCC/C=C\CCCCCCC. The quantitative estimate of drug-likeness (QED) is 0.0261. The van der Waals surface area contributed by atoms with Crippen LogP contribution in [0.25, 0.3) is 0 Å². The van der Waals surface area contributed by atoms with Crippen molar-refractivity contribution in [3.05, 3.63) is 85.1 Å². The van der Waals surface area contributed by atoms with Crippen LogP contribution in [0.2, 0.25) is 0 Å². The summed E-state index contributed by atoms with van der Waals surface area (Å²) >= 11 is 0. The second-order valence-corrected chi connectivity index (χ2v) is 20.2. The number of carbonyl (C=O) groups excluding carboxylic acids is 3. The van der Waals surface area contributed by atoms with Gasteiger partial charge in [0.2, 0.25) is 0 Å². The lowest BCUT2D eigenvalue weighted by molar-refractivity contribution is -0.167. The third kappa shape index (κ3) is 57.5. The van der Waals surface area contributed by atoms with Crippen LogP contribution in [0.1, 0.15) is 297 Å². The number of ether oxygens (including phenoxy) is 3. The Morgan fingerprint density at radius 2 is 0.542 bits per heavy atom. The molecule has 0 amide bonds. The zero-order valence-corrected chi connectivity index (χ0v) is 47.4. The standard InChI is InChI=1S/C66H114O6/c1-4-7-10-13-16-19-22-25-27-28-29-30-31-32-33-34-35-36-37-38-39-42-44-47-50-53-56-59-65(68)71-62-63(61-70-64(67)58-55-52-49-46-43-40-24-21-18-15-12-9-6-3)72-66(69)60-57-54-51-48-45-41-26-23-20-17-14-11-8-5-2/h7,10,16,19,21,23-27,29-30,32-33,63H,4-6,8-9,11-15,17-18,20,22,28,31,34-62H2,1-3H3/b10-7-,19-16-,24-21-,26-23-,27-25-,30-29-,33-32-. The molecule has 72 heavy (non-hydrogen) atoms. The second-order valence-electron chi connectivity index (χ2n) is 20.2. The summed E-state index contributed by atoms with van der Waals surface area (Å²) in [6, 6.07) is 0. The molecule has 0 bridgehead atoms. The average molecular weight is 1000 g/mol. The van der Waals surface area contributed by atoms with Crippen molar-refractivity contribution >= 4 is 17.9 Å². The Morgan fingerprint density at radius 3 is 0.875 bits per heavy atom. The summed E-state index contributed by atoms with van der Waals surface area (Å²) in [6.07, 6.45) is 78.7. The van der Waals surface area contributed by atoms with E-state index in [1.807, 2.05) is 0 Å². The number of unbranched alkanes of at least 4 members (excludes halogenated alkanes) is 30. The largest absolute Gasteiger partial charge is 0.462 e. The third-order valence-electron chi connectivity index (χ3n) is 13.1. The van der Waals surface area contributed by atoms with Crippen LogP contribution >= 0.6 is 0 Å². The second kappa shape index (κ2) is 60.1. The number of hydrogen-bond acceptors (Lipinski definition) is 6. The Hall–Kier alpha value is -3.41. The van der Waals surface area contributed by atoms with Crippen LogP contribution < -0.4 is 0 Å². The molecule has 0 saturated carbocycles. The topological polar surface area (TPSA) is 78.9 Å². The van der Waals surface area contributed by atoms with Crippen LogP contribution in [0.5, 0.6) is 0 Å². The van der Waals surface area contributed by atoms with Gasteiger partial charge < -0.3 is 14.2 Å². The highest BCUT2D eigenvalue weighted by atomic mass is 16.6. The fourth-order valence-electron chi connectivity index (χ4n) is 8.52. The molecule has 0 heterocycles. The lowest BCUT2D eigenvalue weighted by atomic mass is 10.0. The molecule has 1 atom stereocenters. The zero-order chi connectivity index (χ0) is 52.2. The minimum absolute atomic E-state index is 0.0827. The molecule has 0 aliphatic carbocycles. The number of esters is 3. The van der Waals surface area contributed by atoms with Gasteiger partial charge in [-0.1, -0.05) is 247 Å². The molecule has 6 heteroatoms. The van der Waals surface area contributed by atoms with E-state index < -0.39 is 6.10 Å². The first-order valence-electron chi connectivity index (χ1n) is 30.6. The van der Waals surface area contributed by atoms with E-state index in [1.54, 1.807) is 0 Å². The minimum atomic E-state index is -0.785. The summed E-state index contributed by atoms with van der Waals surface area (Å²) in [5.41, 5.74) is 0.